The zero-order chi connectivity index (χ0) is 7.40. The van der Waals surface area contributed by atoms with E-state index >= 15 is 0 Å². The predicted molar refractivity (Wildman–Crippen MR) is 49.5 cm³/mol. The highest BCUT2D eigenvalue weighted by molar-refractivity contribution is 9.09. The van der Waals surface area contributed by atoms with Crippen molar-refractivity contribution in [3.63, 3.8) is 0 Å². The first-order valence-electron chi connectivity index (χ1n) is 4.07. The molecule has 0 aromatic carbocycles. The zero-order valence-electron chi connectivity index (χ0n) is 6.57. The van der Waals surface area contributed by atoms with E-state index < -0.39 is 0 Å². The third-order valence-corrected chi connectivity index (χ3v) is 2.50. The molecular weight excluding hydrogens is 188 g/mol. The van der Waals surface area contributed by atoms with Gasteiger partial charge >= 0.3 is 0 Å². The van der Waals surface area contributed by atoms with E-state index in [-0.39, 0.29) is 0 Å². The van der Waals surface area contributed by atoms with Crippen molar-refractivity contribution in [1.29, 1.82) is 0 Å². The topological polar surface area (TPSA) is 0 Å². The highest BCUT2D eigenvalue weighted by atomic mass is 79.9. The molecule has 0 aromatic heterocycles. The average molecular weight is 203 g/mol. The van der Waals surface area contributed by atoms with Gasteiger partial charge in [-0.3, -0.25) is 0 Å². The molecular formula is C9H15Br. The highest BCUT2D eigenvalue weighted by Gasteiger charge is 2.11. The summed E-state index contributed by atoms with van der Waals surface area (Å²) >= 11 is 3.43. The smallest absolute Gasteiger partial charge is 0.0214 e. The van der Waals surface area contributed by atoms with Gasteiger partial charge in [0.05, 0.1) is 0 Å². The van der Waals surface area contributed by atoms with E-state index in [4.69, 9.17) is 0 Å². The molecule has 0 aromatic rings. The van der Waals surface area contributed by atoms with Gasteiger partial charge in [-0.2, -0.15) is 0 Å². The van der Waals surface area contributed by atoms with Gasteiger partial charge < -0.3 is 0 Å². The van der Waals surface area contributed by atoms with Gasteiger partial charge in [-0.05, 0) is 25.2 Å². The SMILES string of the molecule is CC1CCC/C(=C\CBr)C1. The van der Waals surface area contributed by atoms with Crippen LogP contribution in [0.3, 0.4) is 0 Å². The molecule has 1 unspecified atom stereocenters. The Morgan fingerprint density at radius 2 is 2.50 bits per heavy atom. The molecule has 0 bridgehead atoms. The largest absolute Gasteiger partial charge is 0.0883 e. The molecule has 0 radical (unpaired) electrons. The maximum absolute atomic E-state index is 3.43. The Balaban J connectivity index is 2.39. The molecule has 58 valence electrons. The molecule has 0 amide bonds. The second-order valence-corrected chi connectivity index (χ2v) is 3.87. The van der Waals surface area contributed by atoms with Gasteiger partial charge in [0.2, 0.25) is 0 Å². The van der Waals surface area contributed by atoms with Gasteiger partial charge in [0, 0.05) is 5.33 Å². The van der Waals surface area contributed by atoms with E-state index in [0.29, 0.717) is 0 Å². The number of hydrogen-bond donors (Lipinski definition) is 0. The number of rotatable bonds is 1. The number of halogens is 1. The van der Waals surface area contributed by atoms with Crippen molar-refractivity contribution < 1.29 is 0 Å². The molecule has 1 saturated carbocycles. The summed E-state index contributed by atoms with van der Waals surface area (Å²) in [5.74, 6) is 0.930. The maximum Gasteiger partial charge on any atom is 0.0214 e. The summed E-state index contributed by atoms with van der Waals surface area (Å²) in [6, 6.07) is 0. The van der Waals surface area contributed by atoms with Crippen LogP contribution < -0.4 is 0 Å². The second-order valence-electron chi connectivity index (χ2n) is 3.22. The molecule has 1 rings (SSSR count). The molecule has 0 heterocycles. The van der Waals surface area contributed by atoms with Crippen molar-refractivity contribution in [2.24, 2.45) is 5.92 Å². The lowest BCUT2D eigenvalue weighted by atomic mass is 9.87. The van der Waals surface area contributed by atoms with Gasteiger partial charge in [0.15, 0.2) is 0 Å². The lowest BCUT2D eigenvalue weighted by Crippen LogP contribution is -2.04. The van der Waals surface area contributed by atoms with Crippen LogP contribution in [-0.4, -0.2) is 5.33 Å². The first-order valence-corrected chi connectivity index (χ1v) is 5.19. The third kappa shape index (κ3) is 2.45. The van der Waals surface area contributed by atoms with Crippen LogP contribution in [0.4, 0.5) is 0 Å². The highest BCUT2D eigenvalue weighted by Crippen LogP contribution is 2.27. The molecule has 0 aliphatic heterocycles. The zero-order valence-corrected chi connectivity index (χ0v) is 8.15. The van der Waals surface area contributed by atoms with Crippen LogP contribution in [0.25, 0.3) is 0 Å². The average Bonchev–Trinajstić information content (AvgIpc) is 1.88. The first-order chi connectivity index (χ1) is 4.83. The van der Waals surface area contributed by atoms with Crippen LogP contribution >= 0.6 is 15.9 Å². The van der Waals surface area contributed by atoms with E-state index in [1.807, 2.05) is 0 Å². The molecule has 1 aliphatic rings. The van der Waals surface area contributed by atoms with Gasteiger partial charge in [0.25, 0.3) is 0 Å². The van der Waals surface area contributed by atoms with Crippen LogP contribution in [0.5, 0.6) is 0 Å². The van der Waals surface area contributed by atoms with E-state index in [1.54, 1.807) is 5.57 Å². The monoisotopic (exact) mass is 202 g/mol. The minimum absolute atomic E-state index is 0.930. The van der Waals surface area contributed by atoms with Gasteiger partial charge in [-0.25, -0.2) is 0 Å². The Bertz CT molecular complexity index is 127. The third-order valence-electron chi connectivity index (χ3n) is 2.17. The van der Waals surface area contributed by atoms with E-state index in [0.717, 1.165) is 11.2 Å². The van der Waals surface area contributed by atoms with E-state index in [2.05, 4.69) is 28.9 Å². The lowest BCUT2D eigenvalue weighted by Gasteiger charge is -2.19. The molecule has 1 atom stereocenters. The summed E-state index contributed by atoms with van der Waals surface area (Å²) in [7, 11) is 0. The molecule has 1 aliphatic carbocycles. The lowest BCUT2D eigenvalue weighted by molar-refractivity contribution is 0.452. The summed E-state index contributed by atoms with van der Waals surface area (Å²) in [4.78, 5) is 0. The van der Waals surface area contributed by atoms with E-state index in [9.17, 15) is 0 Å². The number of alkyl halides is 1. The molecule has 1 fully saturated rings. The Morgan fingerprint density at radius 1 is 1.70 bits per heavy atom. The minimum Gasteiger partial charge on any atom is -0.0883 e. The first kappa shape index (κ1) is 8.32. The van der Waals surface area contributed by atoms with Crippen LogP contribution in [-0.2, 0) is 0 Å². The fourth-order valence-electron chi connectivity index (χ4n) is 1.62. The Hall–Kier alpha value is 0.220. The fraction of sp³-hybridized carbons (Fsp3) is 0.778. The summed E-state index contributed by atoms with van der Waals surface area (Å²) in [5.41, 5.74) is 1.66. The quantitative estimate of drug-likeness (QED) is 0.451. The predicted octanol–water partition coefficient (Wildman–Crippen LogP) is 3.52. The van der Waals surface area contributed by atoms with Gasteiger partial charge in [0.1, 0.15) is 0 Å². The Kier molecular flexibility index (Phi) is 3.47. The summed E-state index contributed by atoms with van der Waals surface area (Å²) in [5, 5.41) is 1.04. The van der Waals surface area contributed by atoms with Gasteiger partial charge in [-0.1, -0.05) is 40.9 Å². The molecule has 0 nitrogen and oxygen atoms in total. The van der Waals surface area contributed by atoms with Crippen LogP contribution in [0.1, 0.15) is 32.6 Å². The van der Waals surface area contributed by atoms with Crippen LogP contribution in [0.2, 0.25) is 0 Å². The molecule has 0 saturated heterocycles. The molecule has 10 heavy (non-hydrogen) atoms. The summed E-state index contributed by atoms with van der Waals surface area (Å²) in [6.07, 6.45) is 7.84. The second kappa shape index (κ2) is 4.17. The van der Waals surface area contributed by atoms with Crippen molar-refractivity contribution in [2.45, 2.75) is 32.6 Å². The standard InChI is InChI=1S/C9H15Br/c1-8-3-2-4-9(7-8)5-6-10/h5,8H,2-4,6-7H2,1H3/b9-5+. The molecule has 0 spiro atoms. The Labute approximate surface area is 71.8 Å². The van der Waals surface area contributed by atoms with Gasteiger partial charge in [-0.15, -0.1) is 0 Å². The maximum atomic E-state index is 3.43. The van der Waals surface area contributed by atoms with Crippen molar-refractivity contribution in [1.82, 2.24) is 0 Å². The van der Waals surface area contributed by atoms with Crippen molar-refractivity contribution in [3.8, 4) is 0 Å². The summed E-state index contributed by atoms with van der Waals surface area (Å²) in [6.45, 7) is 2.35. The van der Waals surface area contributed by atoms with Crippen molar-refractivity contribution in [2.75, 3.05) is 5.33 Å². The Morgan fingerprint density at radius 3 is 3.10 bits per heavy atom. The van der Waals surface area contributed by atoms with Crippen molar-refractivity contribution in [3.05, 3.63) is 11.6 Å². The molecule has 1 heteroatoms. The minimum atomic E-state index is 0.930. The van der Waals surface area contributed by atoms with Crippen molar-refractivity contribution >= 4 is 15.9 Å². The fourth-order valence-corrected chi connectivity index (χ4v) is 2.08. The van der Waals surface area contributed by atoms with Crippen LogP contribution in [0, 0.1) is 5.92 Å². The normalized spacial score (nSPS) is 31.0. The van der Waals surface area contributed by atoms with E-state index in [1.165, 1.54) is 25.7 Å². The number of hydrogen-bond acceptors (Lipinski definition) is 0. The molecule has 0 N–H and O–H groups in total. The van der Waals surface area contributed by atoms with Crippen LogP contribution in [0.15, 0.2) is 11.6 Å². The summed E-state index contributed by atoms with van der Waals surface area (Å²) < 4.78 is 0. The number of allylic oxidation sites excluding steroid dienone is 2.